The molecule has 1 rings (SSSR count). The molecule has 0 saturated carbocycles. The monoisotopic (exact) mass is 232 g/mol. The lowest BCUT2D eigenvalue weighted by atomic mass is 10.4. The predicted molar refractivity (Wildman–Crippen MR) is 53.5 cm³/mol. The summed E-state index contributed by atoms with van der Waals surface area (Å²) in [5.74, 6) is 0.144. The Morgan fingerprint density at radius 2 is 2.20 bits per heavy atom. The number of rotatable bonds is 6. The molecule has 84 valence electrons. The first kappa shape index (κ1) is 11.9. The van der Waals surface area contributed by atoms with Crippen LogP contribution in [-0.2, 0) is 20.3 Å². The molecule has 0 aliphatic rings. The van der Waals surface area contributed by atoms with Gasteiger partial charge in [0.05, 0.1) is 12.4 Å². The van der Waals surface area contributed by atoms with Crippen LogP contribution in [-0.4, -0.2) is 34.2 Å². The van der Waals surface area contributed by atoms with Crippen LogP contribution in [0.4, 0.5) is 0 Å². The molecule has 1 heterocycles. The van der Waals surface area contributed by atoms with Gasteiger partial charge in [0, 0.05) is 7.11 Å². The van der Waals surface area contributed by atoms with Crippen molar-refractivity contribution in [3.05, 3.63) is 23.7 Å². The second-order valence-electron chi connectivity index (χ2n) is 3.01. The maximum atomic E-state index is 11.4. The van der Waals surface area contributed by atoms with E-state index in [1.807, 2.05) is 0 Å². The minimum absolute atomic E-state index is 0.0549. The SMILES string of the molecule is COCCS(=O)(=O)Cc1ccc(C=O)o1. The number of sulfone groups is 1. The van der Waals surface area contributed by atoms with Crippen LogP contribution in [0.25, 0.3) is 0 Å². The number of hydrogen-bond donors (Lipinski definition) is 0. The van der Waals surface area contributed by atoms with Gasteiger partial charge in [-0.05, 0) is 12.1 Å². The summed E-state index contributed by atoms with van der Waals surface area (Å²) in [5, 5.41) is 0. The summed E-state index contributed by atoms with van der Waals surface area (Å²) in [6.45, 7) is 0.156. The number of ether oxygens (including phenoxy) is 1. The molecule has 0 saturated heterocycles. The average molecular weight is 232 g/mol. The summed E-state index contributed by atoms with van der Waals surface area (Å²) in [7, 11) is -1.79. The highest BCUT2D eigenvalue weighted by atomic mass is 32.2. The van der Waals surface area contributed by atoms with Crippen LogP contribution in [0.2, 0.25) is 0 Å². The first-order chi connectivity index (χ1) is 7.07. The predicted octanol–water partition coefficient (Wildman–Crippen LogP) is 0.653. The molecule has 0 fully saturated rings. The maximum Gasteiger partial charge on any atom is 0.185 e. The molecule has 1 aromatic rings. The summed E-state index contributed by atoms with van der Waals surface area (Å²) < 4.78 is 32.5. The molecule has 6 heteroatoms. The van der Waals surface area contributed by atoms with E-state index in [1.54, 1.807) is 0 Å². The van der Waals surface area contributed by atoms with Crippen molar-refractivity contribution in [1.29, 1.82) is 0 Å². The number of carbonyl (C=O) groups is 1. The van der Waals surface area contributed by atoms with Crippen molar-refractivity contribution in [3.8, 4) is 0 Å². The van der Waals surface area contributed by atoms with Crippen LogP contribution >= 0.6 is 0 Å². The molecule has 0 aliphatic heterocycles. The van der Waals surface area contributed by atoms with Gasteiger partial charge in [0.15, 0.2) is 21.9 Å². The number of aldehydes is 1. The highest BCUT2D eigenvalue weighted by molar-refractivity contribution is 7.90. The van der Waals surface area contributed by atoms with Gasteiger partial charge in [-0.15, -0.1) is 0 Å². The van der Waals surface area contributed by atoms with Gasteiger partial charge in [-0.3, -0.25) is 4.79 Å². The Kier molecular flexibility index (Phi) is 4.05. The van der Waals surface area contributed by atoms with E-state index < -0.39 is 9.84 Å². The van der Waals surface area contributed by atoms with Crippen LogP contribution in [0.5, 0.6) is 0 Å². The number of furan rings is 1. The van der Waals surface area contributed by atoms with Crippen molar-refractivity contribution in [2.45, 2.75) is 5.75 Å². The van der Waals surface area contributed by atoms with Gasteiger partial charge in [-0.1, -0.05) is 0 Å². The highest BCUT2D eigenvalue weighted by Crippen LogP contribution is 2.10. The lowest BCUT2D eigenvalue weighted by Crippen LogP contribution is -2.13. The van der Waals surface area contributed by atoms with E-state index in [9.17, 15) is 13.2 Å². The fraction of sp³-hybridized carbons (Fsp3) is 0.444. The van der Waals surface area contributed by atoms with Crippen molar-refractivity contribution < 1.29 is 22.4 Å². The number of carbonyl (C=O) groups excluding carboxylic acids is 1. The molecular weight excluding hydrogens is 220 g/mol. The third-order valence-electron chi connectivity index (χ3n) is 1.76. The lowest BCUT2D eigenvalue weighted by Gasteiger charge is -2.00. The molecule has 0 aromatic carbocycles. The van der Waals surface area contributed by atoms with Crippen LogP contribution in [0.3, 0.4) is 0 Å². The number of hydrogen-bond acceptors (Lipinski definition) is 5. The Bertz CT molecular complexity index is 417. The Labute approximate surface area is 88.0 Å². The van der Waals surface area contributed by atoms with Crippen LogP contribution in [0.1, 0.15) is 16.3 Å². The third kappa shape index (κ3) is 3.85. The van der Waals surface area contributed by atoms with Crippen molar-refractivity contribution in [2.75, 3.05) is 19.5 Å². The first-order valence-corrected chi connectivity index (χ1v) is 6.13. The minimum atomic E-state index is -3.23. The van der Waals surface area contributed by atoms with E-state index in [1.165, 1.54) is 19.2 Å². The second kappa shape index (κ2) is 5.09. The van der Waals surface area contributed by atoms with Crippen molar-refractivity contribution in [1.82, 2.24) is 0 Å². The summed E-state index contributed by atoms with van der Waals surface area (Å²) in [4.78, 5) is 10.3. The topological polar surface area (TPSA) is 73.6 Å². The molecule has 0 bridgehead atoms. The maximum absolute atomic E-state index is 11.4. The van der Waals surface area contributed by atoms with Crippen LogP contribution < -0.4 is 0 Å². The van der Waals surface area contributed by atoms with Crippen molar-refractivity contribution in [2.24, 2.45) is 0 Å². The fourth-order valence-electron chi connectivity index (χ4n) is 1.03. The van der Waals surface area contributed by atoms with E-state index in [-0.39, 0.29) is 29.6 Å². The molecule has 0 N–H and O–H groups in total. The molecule has 0 aliphatic carbocycles. The lowest BCUT2D eigenvalue weighted by molar-refractivity contribution is 0.109. The van der Waals surface area contributed by atoms with Crippen LogP contribution in [0, 0.1) is 0 Å². The van der Waals surface area contributed by atoms with Gasteiger partial charge in [0.2, 0.25) is 0 Å². The average Bonchev–Trinajstić information content (AvgIpc) is 2.62. The van der Waals surface area contributed by atoms with Gasteiger partial charge in [-0.25, -0.2) is 8.42 Å². The van der Waals surface area contributed by atoms with Gasteiger partial charge >= 0.3 is 0 Å². The molecular formula is C9H12O5S. The number of methoxy groups -OCH3 is 1. The van der Waals surface area contributed by atoms with Crippen LogP contribution in [0.15, 0.2) is 16.5 Å². The molecule has 0 atom stereocenters. The van der Waals surface area contributed by atoms with E-state index in [4.69, 9.17) is 4.42 Å². The second-order valence-corrected chi connectivity index (χ2v) is 5.19. The smallest absolute Gasteiger partial charge is 0.185 e. The normalized spacial score (nSPS) is 11.5. The minimum Gasteiger partial charge on any atom is -0.457 e. The van der Waals surface area contributed by atoms with E-state index in [0.717, 1.165) is 0 Å². The van der Waals surface area contributed by atoms with E-state index >= 15 is 0 Å². The highest BCUT2D eigenvalue weighted by Gasteiger charge is 2.14. The Morgan fingerprint density at radius 3 is 2.73 bits per heavy atom. The fourth-order valence-corrected chi connectivity index (χ4v) is 2.19. The van der Waals surface area contributed by atoms with Crippen molar-refractivity contribution in [3.63, 3.8) is 0 Å². The van der Waals surface area contributed by atoms with Gasteiger partial charge in [0.25, 0.3) is 0 Å². The van der Waals surface area contributed by atoms with Crippen molar-refractivity contribution >= 4 is 16.1 Å². The Hall–Kier alpha value is -1.14. The van der Waals surface area contributed by atoms with E-state index in [0.29, 0.717) is 6.29 Å². The summed E-state index contributed by atoms with van der Waals surface area (Å²) in [5.41, 5.74) is 0. The Balaban J connectivity index is 2.64. The zero-order chi connectivity index (χ0) is 11.3. The zero-order valence-electron chi connectivity index (χ0n) is 8.30. The molecule has 0 radical (unpaired) electrons. The molecule has 0 amide bonds. The van der Waals surface area contributed by atoms with Gasteiger partial charge in [-0.2, -0.15) is 0 Å². The summed E-state index contributed by atoms with van der Waals surface area (Å²) in [6.07, 6.45) is 0.533. The quantitative estimate of drug-likeness (QED) is 0.673. The standard InChI is InChI=1S/C9H12O5S/c1-13-4-5-15(11,12)7-9-3-2-8(6-10)14-9/h2-3,6H,4-5,7H2,1H3. The third-order valence-corrected chi connectivity index (χ3v) is 3.27. The molecule has 1 aromatic heterocycles. The largest absolute Gasteiger partial charge is 0.457 e. The van der Waals surface area contributed by atoms with Gasteiger partial charge < -0.3 is 9.15 Å². The molecule has 0 spiro atoms. The first-order valence-electron chi connectivity index (χ1n) is 4.30. The molecule has 15 heavy (non-hydrogen) atoms. The summed E-state index contributed by atoms with van der Waals surface area (Å²) >= 11 is 0. The summed E-state index contributed by atoms with van der Waals surface area (Å²) in [6, 6.07) is 2.92. The molecule has 0 unspecified atom stereocenters. The molecule has 5 nitrogen and oxygen atoms in total. The zero-order valence-corrected chi connectivity index (χ0v) is 9.12. The van der Waals surface area contributed by atoms with Gasteiger partial charge in [0.1, 0.15) is 11.5 Å². The van der Waals surface area contributed by atoms with E-state index in [2.05, 4.69) is 4.74 Å². The Morgan fingerprint density at radius 1 is 1.47 bits per heavy atom.